The summed E-state index contributed by atoms with van der Waals surface area (Å²) in [7, 11) is 0. The summed E-state index contributed by atoms with van der Waals surface area (Å²) in [4.78, 5) is 31.1. The van der Waals surface area contributed by atoms with E-state index in [0.29, 0.717) is 35.5 Å². The van der Waals surface area contributed by atoms with E-state index in [1.54, 1.807) is 22.3 Å². The van der Waals surface area contributed by atoms with Crippen molar-refractivity contribution in [3.63, 3.8) is 0 Å². The number of hydrogen-bond donors (Lipinski definition) is 0. The van der Waals surface area contributed by atoms with Crippen LogP contribution in [0.1, 0.15) is 62.1 Å². The third-order valence-electron chi connectivity index (χ3n) is 5.66. The molecule has 0 radical (unpaired) electrons. The highest BCUT2D eigenvalue weighted by atomic mass is 35.5. The Morgan fingerprint density at radius 2 is 2.00 bits per heavy atom. The van der Waals surface area contributed by atoms with Crippen molar-refractivity contribution in [1.82, 2.24) is 9.80 Å². The van der Waals surface area contributed by atoms with Gasteiger partial charge in [0.25, 0.3) is 0 Å². The first-order valence-electron chi connectivity index (χ1n) is 10.9. The van der Waals surface area contributed by atoms with E-state index in [1.165, 1.54) is 4.88 Å². The lowest BCUT2D eigenvalue weighted by Crippen LogP contribution is -2.47. The molecular weight excluding hydrogens is 451 g/mol. The Hall–Kier alpha value is -1.56. The van der Waals surface area contributed by atoms with Gasteiger partial charge in [-0.1, -0.05) is 50.0 Å². The van der Waals surface area contributed by atoms with Gasteiger partial charge in [-0.2, -0.15) is 0 Å². The van der Waals surface area contributed by atoms with Crippen molar-refractivity contribution in [2.75, 3.05) is 19.6 Å². The molecule has 0 saturated carbocycles. The molecule has 2 aromatic rings. The summed E-state index contributed by atoms with van der Waals surface area (Å²) in [6.07, 6.45) is 2.93. The normalized spacial score (nSPS) is 15.8. The lowest BCUT2D eigenvalue weighted by molar-refractivity contribution is -0.142. The summed E-state index contributed by atoms with van der Waals surface area (Å²) in [6, 6.07) is 7.25. The van der Waals surface area contributed by atoms with Crippen molar-refractivity contribution in [3.8, 4) is 0 Å². The van der Waals surface area contributed by atoms with E-state index in [1.807, 2.05) is 24.0 Å². The molecule has 1 aliphatic heterocycles. The van der Waals surface area contributed by atoms with Crippen LogP contribution in [0.25, 0.3) is 0 Å². The second-order valence-corrected chi connectivity index (χ2v) is 10.3. The molecule has 0 saturated heterocycles. The van der Waals surface area contributed by atoms with Gasteiger partial charge < -0.3 is 9.80 Å². The third kappa shape index (κ3) is 5.82. The molecule has 2 amide bonds. The fourth-order valence-electron chi connectivity index (χ4n) is 3.98. The molecule has 2 heterocycles. The van der Waals surface area contributed by atoms with Gasteiger partial charge in [-0.25, -0.2) is 0 Å². The quantitative estimate of drug-likeness (QED) is 0.450. The summed E-state index contributed by atoms with van der Waals surface area (Å²) >= 11 is 14.4. The van der Waals surface area contributed by atoms with Crippen LogP contribution >= 0.6 is 34.5 Å². The second kappa shape index (κ2) is 10.8. The molecule has 3 rings (SSSR count). The van der Waals surface area contributed by atoms with E-state index in [9.17, 15) is 9.59 Å². The zero-order valence-corrected chi connectivity index (χ0v) is 20.7. The van der Waals surface area contributed by atoms with Gasteiger partial charge in [0.15, 0.2) is 0 Å². The van der Waals surface area contributed by atoms with E-state index < -0.39 is 0 Å². The van der Waals surface area contributed by atoms with Crippen LogP contribution in [0, 0.1) is 5.92 Å². The Balaban J connectivity index is 1.89. The van der Waals surface area contributed by atoms with Crippen molar-refractivity contribution in [2.24, 2.45) is 5.92 Å². The molecule has 31 heavy (non-hydrogen) atoms. The molecule has 168 valence electrons. The first-order chi connectivity index (χ1) is 14.8. The van der Waals surface area contributed by atoms with Gasteiger partial charge in [0.1, 0.15) is 0 Å². The zero-order chi connectivity index (χ0) is 22.5. The smallest absolute Gasteiger partial charge is 0.242 e. The van der Waals surface area contributed by atoms with Crippen molar-refractivity contribution in [1.29, 1.82) is 0 Å². The molecule has 1 unspecified atom stereocenters. The maximum absolute atomic E-state index is 13.5. The van der Waals surface area contributed by atoms with Crippen LogP contribution in [0.5, 0.6) is 0 Å². The minimum Gasteiger partial charge on any atom is -0.333 e. The molecule has 1 atom stereocenters. The van der Waals surface area contributed by atoms with Crippen LogP contribution in [0.2, 0.25) is 10.0 Å². The summed E-state index contributed by atoms with van der Waals surface area (Å²) in [6.45, 7) is 7.56. The number of amides is 2. The van der Waals surface area contributed by atoms with Crippen LogP contribution in [-0.2, 0) is 16.0 Å². The van der Waals surface area contributed by atoms with Gasteiger partial charge in [-0.05, 0) is 59.9 Å². The van der Waals surface area contributed by atoms with Crippen LogP contribution in [0.3, 0.4) is 0 Å². The fraction of sp³-hybridized carbons (Fsp3) is 0.500. The summed E-state index contributed by atoms with van der Waals surface area (Å²) in [5.74, 6) is 0.475. The molecule has 1 aromatic heterocycles. The maximum Gasteiger partial charge on any atom is 0.242 e. The number of benzene rings is 1. The second-order valence-electron chi connectivity index (χ2n) is 8.45. The van der Waals surface area contributed by atoms with Gasteiger partial charge in [-0.15, -0.1) is 11.3 Å². The fourth-order valence-corrected chi connectivity index (χ4v) is 5.39. The van der Waals surface area contributed by atoms with Crippen LogP contribution in [0.4, 0.5) is 0 Å². The Labute approximate surface area is 199 Å². The molecular formula is C24H30Cl2N2O2S. The van der Waals surface area contributed by atoms with Crippen LogP contribution in [0.15, 0.2) is 29.6 Å². The lowest BCUT2D eigenvalue weighted by Gasteiger charge is -2.38. The predicted molar refractivity (Wildman–Crippen MR) is 129 cm³/mol. The van der Waals surface area contributed by atoms with Gasteiger partial charge >= 0.3 is 0 Å². The number of hydrogen-bond acceptors (Lipinski definition) is 3. The number of carbonyl (C=O) groups excluding carboxylic acids is 2. The predicted octanol–water partition coefficient (Wildman–Crippen LogP) is 6.20. The van der Waals surface area contributed by atoms with E-state index >= 15 is 0 Å². The van der Waals surface area contributed by atoms with Crippen molar-refractivity contribution < 1.29 is 9.59 Å². The molecule has 1 aliphatic rings. The topological polar surface area (TPSA) is 40.6 Å². The van der Waals surface area contributed by atoms with E-state index in [-0.39, 0.29) is 24.4 Å². The molecule has 1 aromatic carbocycles. The number of halogens is 2. The van der Waals surface area contributed by atoms with Crippen LogP contribution in [-0.4, -0.2) is 41.2 Å². The zero-order valence-electron chi connectivity index (χ0n) is 18.4. The van der Waals surface area contributed by atoms with Gasteiger partial charge in [-0.3, -0.25) is 9.59 Å². The average Bonchev–Trinajstić information content (AvgIpc) is 3.19. The van der Waals surface area contributed by atoms with E-state index in [2.05, 4.69) is 25.3 Å². The van der Waals surface area contributed by atoms with Gasteiger partial charge in [0.05, 0.1) is 12.6 Å². The standard InChI is InChI=1S/C24H30Cl2N2O2S/c1-4-5-22(29)27(11-8-16(2)3)15-23(30)28-12-9-21-19(10-13-31-21)24(28)18-7-6-17(25)14-20(18)26/h6-7,10,13-14,16,24H,4-5,8-9,11-12,15H2,1-3H3. The molecule has 0 N–H and O–H groups in total. The van der Waals surface area contributed by atoms with Gasteiger partial charge in [0.2, 0.25) is 11.8 Å². The number of nitrogens with zero attached hydrogens (tertiary/aromatic N) is 2. The molecule has 0 aliphatic carbocycles. The Kier molecular flexibility index (Phi) is 8.43. The molecule has 0 spiro atoms. The summed E-state index contributed by atoms with van der Waals surface area (Å²) in [5, 5.41) is 3.18. The monoisotopic (exact) mass is 480 g/mol. The third-order valence-corrected chi connectivity index (χ3v) is 7.22. The molecule has 7 heteroatoms. The summed E-state index contributed by atoms with van der Waals surface area (Å²) in [5.41, 5.74) is 1.98. The SMILES string of the molecule is CCCC(=O)N(CCC(C)C)CC(=O)N1CCc2sccc2C1c1ccc(Cl)cc1Cl. The van der Waals surface area contributed by atoms with Crippen molar-refractivity contribution in [2.45, 2.75) is 52.5 Å². The first kappa shape index (κ1) is 24.1. The minimum absolute atomic E-state index is 0.0407. The lowest BCUT2D eigenvalue weighted by atomic mass is 9.93. The minimum atomic E-state index is -0.263. The maximum atomic E-state index is 13.5. The molecule has 0 fully saturated rings. The largest absolute Gasteiger partial charge is 0.333 e. The van der Waals surface area contributed by atoms with Crippen molar-refractivity contribution in [3.05, 3.63) is 55.7 Å². The Morgan fingerprint density at radius 1 is 1.23 bits per heavy atom. The first-order valence-corrected chi connectivity index (χ1v) is 12.5. The number of carbonyl (C=O) groups is 2. The highest BCUT2D eigenvalue weighted by Crippen LogP contribution is 2.41. The molecule has 4 nitrogen and oxygen atoms in total. The van der Waals surface area contributed by atoms with Crippen molar-refractivity contribution >= 4 is 46.4 Å². The molecule has 0 bridgehead atoms. The average molecular weight is 481 g/mol. The van der Waals surface area contributed by atoms with Crippen LogP contribution < -0.4 is 0 Å². The van der Waals surface area contributed by atoms with Gasteiger partial charge in [0, 0.05) is 34.4 Å². The Bertz CT molecular complexity index is 928. The number of thiophene rings is 1. The van der Waals surface area contributed by atoms with E-state index in [0.717, 1.165) is 30.4 Å². The summed E-state index contributed by atoms with van der Waals surface area (Å²) < 4.78 is 0. The number of rotatable bonds is 8. The number of fused-ring (bicyclic) bond motifs is 1. The Morgan fingerprint density at radius 3 is 2.68 bits per heavy atom. The highest BCUT2D eigenvalue weighted by molar-refractivity contribution is 7.10. The van der Waals surface area contributed by atoms with E-state index in [4.69, 9.17) is 23.2 Å². The highest BCUT2D eigenvalue weighted by Gasteiger charge is 2.35.